The number of hydrogen-bond donors (Lipinski definition) is 0. The number of Topliss-reactive ketones (excluding diaryl/α,β-unsaturated/α-hetero) is 1. The van der Waals surface area contributed by atoms with Gasteiger partial charge in [-0.1, -0.05) is 6.92 Å². The fourth-order valence-electron chi connectivity index (χ4n) is 1.48. The lowest BCUT2D eigenvalue weighted by atomic mass is 10.1. The maximum absolute atomic E-state index is 12.0. The predicted octanol–water partition coefficient (Wildman–Crippen LogP) is 3.03. The fraction of sp³-hybridized carbons (Fsp3) is 0.462. The highest BCUT2D eigenvalue weighted by Crippen LogP contribution is 2.25. The highest BCUT2D eigenvalue weighted by molar-refractivity contribution is 7.99. The monoisotopic (exact) mass is 254 g/mol. The molecule has 0 amide bonds. The normalized spacial score (nSPS) is 10.1. The van der Waals surface area contributed by atoms with Crippen molar-refractivity contribution in [3.05, 3.63) is 23.8 Å². The van der Waals surface area contributed by atoms with E-state index in [0.717, 1.165) is 11.5 Å². The lowest BCUT2D eigenvalue weighted by Crippen LogP contribution is -2.04. The van der Waals surface area contributed by atoms with E-state index in [9.17, 15) is 4.79 Å². The maximum Gasteiger partial charge on any atom is 0.167 e. The van der Waals surface area contributed by atoms with E-state index in [1.165, 1.54) is 0 Å². The largest absolute Gasteiger partial charge is 0.497 e. The number of ketones is 1. The molecule has 0 unspecified atom stereocenters. The molecule has 0 aliphatic rings. The number of ether oxygens (including phenoxy) is 2. The molecule has 0 aromatic heterocycles. The third kappa shape index (κ3) is 3.97. The van der Waals surface area contributed by atoms with Gasteiger partial charge in [0.1, 0.15) is 11.5 Å². The Morgan fingerprint density at radius 3 is 2.65 bits per heavy atom. The van der Waals surface area contributed by atoms with Crippen LogP contribution in [0.1, 0.15) is 23.7 Å². The summed E-state index contributed by atoms with van der Waals surface area (Å²) in [6.45, 7) is 2.08. The van der Waals surface area contributed by atoms with Crippen molar-refractivity contribution in [3.8, 4) is 11.5 Å². The molecule has 4 heteroatoms. The third-order valence-corrected chi connectivity index (χ3v) is 3.29. The van der Waals surface area contributed by atoms with Crippen LogP contribution >= 0.6 is 11.8 Å². The van der Waals surface area contributed by atoms with E-state index in [-0.39, 0.29) is 5.78 Å². The number of rotatable bonds is 7. The highest BCUT2D eigenvalue weighted by Gasteiger charge is 2.13. The quantitative estimate of drug-likeness (QED) is 0.553. The molecular formula is C13H18O3S. The summed E-state index contributed by atoms with van der Waals surface area (Å²) in [7, 11) is 3.16. The van der Waals surface area contributed by atoms with Gasteiger partial charge in [0.05, 0.1) is 19.8 Å². The van der Waals surface area contributed by atoms with Gasteiger partial charge >= 0.3 is 0 Å². The van der Waals surface area contributed by atoms with Crippen molar-refractivity contribution >= 4 is 17.5 Å². The molecule has 0 heterocycles. The predicted molar refractivity (Wildman–Crippen MR) is 71.5 cm³/mol. The molecule has 0 spiro atoms. The smallest absolute Gasteiger partial charge is 0.167 e. The molecule has 0 saturated heterocycles. The standard InChI is InChI=1S/C13H18O3S/c1-4-17-8-7-12(14)11-9-10(15-2)5-6-13(11)16-3/h5-6,9H,4,7-8H2,1-3H3. The molecule has 1 aromatic rings. The molecule has 17 heavy (non-hydrogen) atoms. The highest BCUT2D eigenvalue weighted by atomic mass is 32.2. The SMILES string of the molecule is CCSCCC(=O)c1cc(OC)ccc1OC. The first-order valence-electron chi connectivity index (χ1n) is 5.55. The van der Waals surface area contributed by atoms with Gasteiger partial charge in [0.25, 0.3) is 0 Å². The summed E-state index contributed by atoms with van der Waals surface area (Å²) in [5.74, 6) is 3.26. The summed E-state index contributed by atoms with van der Waals surface area (Å²) < 4.78 is 10.3. The third-order valence-electron chi connectivity index (χ3n) is 2.38. The molecule has 94 valence electrons. The van der Waals surface area contributed by atoms with Crippen molar-refractivity contribution in [2.75, 3.05) is 25.7 Å². The van der Waals surface area contributed by atoms with Gasteiger partial charge in [0, 0.05) is 12.2 Å². The summed E-state index contributed by atoms with van der Waals surface area (Å²) >= 11 is 1.76. The molecule has 0 fully saturated rings. The molecule has 0 radical (unpaired) electrons. The average Bonchev–Trinajstić information content (AvgIpc) is 2.38. The van der Waals surface area contributed by atoms with E-state index >= 15 is 0 Å². The van der Waals surface area contributed by atoms with E-state index in [2.05, 4.69) is 6.92 Å². The number of benzene rings is 1. The number of thioether (sulfide) groups is 1. The second-order valence-electron chi connectivity index (χ2n) is 3.44. The minimum absolute atomic E-state index is 0.0988. The lowest BCUT2D eigenvalue weighted by Gasteiger charge is -2.09. The Bertz CT molecular complexity index is 377. The van der Waals surface area contributed by atoms with E-state index in [0.29, 0.717) is 23.5 Å². The molecule has 0 saturated carbocycles. The van der Waals surface area contributed by atoms with Crippen LogP contribution in [0.15, 0.2) is 18.2 Å². The van der Waals surface area contributed by atoms with Gasteiger partial charge in [0.15, 0.2) is 5.78 Å². The minimum atomic E-state index is 0.0988. The summed E-state index contributed by atoms with van der Waals surface area (Å²) in [6.07, 6.45) is 0.530. The summed E-state index contributed by atoms with van der Waals surface area (Å²) in [5, 5.41) is 0. The van der Waals surface area contributed by atoms with Crippen LogP contribution in [0.5, 0.6) is 11.5 Å². The fourth-order valence-corrected chi connectivity index (χ4v) is 2.09. The van der Waals surface area contributed by atoms with Crippen LogP contribution < -0.4 is 9.47 Å². The first-order chi connectivity index (χ1) is 8.22. The van der Waals surface area contributed by atoms with Crippen LogP contribution in [0.4, 0.5) is 0 Å². The molecule has 1 rings (SSSR count). The molecule has 1 aromatic carbocycles. The van der Waals surface area contributed by atoms with Crippen LogP contribution in [0.25, 0.3) is 0 Å². The van der Waals surface area contributed by atoms with Gasteiger partial charge in [-0.15, -0.1) is 0 Å². The van der Waals surface area contributed by atoms with Gasteiger partial charge < -0.3 is 9.47 Å². The van der Waals surface area contributed by atoms with E-state index in [1.54, 1.807) is 44.2 Å². The maximum atomic E-state index is 12.0. The van der Waals surface area contributed by atoms with Crippen molar-refractivity contribution in [1.29, 1.82) is 0 Å². The molecule has 0 bridgehead atoms. The summed E-state index contributed by atoms with van der Waals surface area (Å²) in [6, 6.07) is 5.28. The van der Waals surface area contributed by atoms with Crippen molar-refractivity contribution < 1.29 is 14.3 Å². The van der Waals surface area contributed by atoms with E-state index in [4.69, 9.17) is 9.47 Å². The van der Waals surface area contributed by atoms with Gasteiger partial charge in [0.2, 0.25) is 0 Å². The Morgan fingerprint density at radius 1 is 1.29 bits per heavy atom. The van der Waals surface area contributed by atoms with Gasteiger partial charge in [-0.3, -0.25) is 4.79 Å². The van der Waals surface area contributed by atoms with Crippen LogP contribution in [0.3, 0.4) is 0 Å². The van der Waals surface area contributed by atoms with Crippen molar-refractivity contribution in [2.24, 2.45) is 0 Å². The summed E-state index contributed by atoms with van der Waals surface area (Å²) in [4.78, 5) is 12.0. The molecule has 3 nitrogen and oxygen atoms in total. The van der Waals surface area contributed by atoms with Gasteiger partial charge in [-0.05, 0) is 24.0 Å². The number of carbonyl (C=O) groups is 1. The number of methoxy groups -OCH3 is 2. The molecule has 0 aliphatic carbocycles. The van der Waals surface area contributed by atoms with Crippen LogP contribution in [0.2, 0.25) is 0 Å². The first-order valence-corrected chi connectivity index (χ1v) is 6.71. The van der Waals surface area contributed by atoms with E-state index in [1.807, 2.05) is 0 Å². The van der Waals surface area contributed by atoms with Crippen molar-refractivity contribution in [1.82, 2.24) is 0 Å². The minimum Gasteiger partial charge on any atom is -0.497 e. The second-order valence-corrected chi connectivity index (χ2v) is 4.83. The van der Waals surface area contributed by atoms with Gasteiger partial charge in [-0.2, -0.15) is 11.8 Å². The molecule has 0 aliphatic heterocycles. The molecular weight excluding hydrogens is 236 g/mol. The Labute approximate surface area is 106 Å². The Morgan fingerprint density at radius 2 is 2.06 bits per heavy atom. The number of hydrogen-bond acceptors (Lipinski definition) is 4. The molecule has 0 N–H and O–H groups in total. The molecule has 0 atom stereocenters. The Kier molecular flexibility index (Phi) is 5.91. The van der Waals surface area contributed by atoms with E-state index < -0.39 is 0 Å². The van der Waals surface area contributed by atoms with Crippen LogP contribution in [-0.4, -0.2) is 31.5 Å². The average molecular weight is 254 g/mol. The van der Waals surface area contributed by atoms with Gasteiger partial charge in [-0.25, -0.2) is 0 Å². The zero-order valence-electron chi connectivity index (χ0n) is 10.5. The second kappa shape index (κ2) is 7.22. The first kappa shape index (κ1) is 13.9. The van der Waals surface area contributed by atoms with Crippen molar-refractivity contribution in [3.63, 3.8) is 0 Å². The number of carbonyl (C=O) groups excluding carboxylic acids is 1. The van der Waals surface area contributed by atoms with Crippen LogP contribution in [0, 0.1) is 0 Å². The Balaban J connectivity index is 2.82. The topological polar surface area (TPSA) is 35.5 Å². The van der Waals surface area contributed by atoms with Crippen molar-refractivity contribution in [2.45, 2.75) is 13.3 Å². The zero-order chi connectivity index (χ0) is 12.7. The lowest BCUT2D eigenvalue weighted by molar-refractivity contribution is 0.0986. The van der Waals surface area contributed by atoms with Crippen LogP contribution in [-0.2, 0) is 0 Å². The Hall–Kier alpha value is -1.16. The zero-order valence-corrected chi connectivity index (χ0v) is 11.3. The summed E-state index contributed by atoms with van der Waals surface area (Å²) in [5.41, 5.74) is 0.601.